The van der Waals surface area contributed by atoms with Crippen molar-refractivity contribution in [3.8, 4) is 0 Å². The second-order valence-corrected chi connectivity index (χ2v) is 7.88. The van der Waals surface area contributed by atoms with Crippen LogP contribution in [0, 0.1) is 17.5 Å². The lowest BCUT2D eigenvalue weighted by molar-refractivity contribution is -0.148. The minimum Gasteiger partial charge on any atom is -0.412 e. The van der Waals surface area contributed by atoms with E-state index in [9.17, 15) is 31.1 Å². The minimum absolute atomic E-state index is 0. The van der Waals surface area contributed by atoms with Crippen LogP contribution in [0.1, 0.15) is 36.1 Å². The van der Waals surface area contributed by atoms with E-state index in [0.717, 1.165) is 4.57 Å². The molecule has 1 aliphatic rings. The number of fused-ring (bicyclic) bond motifs is 1. The van der Waals surface area contributed by atoms with Crippen LogP contribution in [-0.4, -0.2) is 52.3 Å². The van der Waals surface area contributed by atoms with E-state index in [0.29, 0.717) is 12.1 Å². The molecule has 7 N–H and O–H groups in total. The molecule has 0 aliphatic carbocycles. The predicted octanol–water partition coefficient (Wildman–Crippen LogP) is 0.783. The van der Waals surface area contributed by atoms with Gasteiger partial charge >= 0.3 is 14.0 Å². The summed E-state index contributed by atoms with van der Waals surface area (Å²) in [4.78, 5) is 35.2. The summed E-state index contributed by atoms with van der Waals surface area (Å²) in [7, 11) is -4.64. The molecule has 0 saturated carbocycles. The number of benzene rings is 1. The number of nitrogens with zero attached hydrogens (tertiary/aromatic N) is 4. The van der Waals surface area contributed by atoms with E-state index in [1.165, 1.54) is 4.90 Å². The molecule has 192 valence electrons. The normalized spacial score (nSPS) is 14.5. The molecule has 1 aliphatic heterocycles. The highest BCUT2D eigenvalue weighted by molar-refractivity contribution is 7.45. The van der Waals surface area contributed by atoms with Crippen molar-refractivity contribution < 1.29 is 55.9 Å². The van der Waals surface area contributed by atoms with Gasteiger partial charge in [-0.15, -0.1) is 10.2 Å². The first-order valence-electron chi connectivity index (χ1n) is 9.03. The van der Waals surface area contributed by atoms with E-state index in [4.69, 9.17) is 25.0 Å². The Morgan fingerprint density at radius 1 is 1.09 bits per heavy atom. The number of aromatic nitrogens is 3. The van der Waals surface area contributed by atoms with Gasteiger partial charge in [-0.1, -0.05) is 0 Å². The van der Waals surface area contributed by atoms with Gasteiger partial charge in [0, 0.05) is 37.2 Å². The summed E-state index contributed by atoms with van der Waals surface area (Å²) in [6, 6.07) is -0.0338. The molecule has 0 bridgehead atoms. The third kappa shape index (κ3) is 8.03. The van der Waals surface area contributed by atoms with Gasteiger partial charge in [0.05, 0.1) is 6.54 Å². The van der Waals surface area contributed by atoms with Crippen LogP contribution in [0.2, 0.25) is 0 Å². The van der Waals surface area contributed by atoms with Crippen molar-refractivity contribution in [3.05, 3.63) is 46.8 Å². The van der Waals surface area contributed by atoms with Gasteiger partial charge in [-0.3, -0.25) is 4.79 Å². The molecule has 1 amide bonds. The van der Waals surface area contributed by atoms with Gasteiger partial charge in [-0.05, 0) is 12.5 Å². The van der Waals surface area contributed by atoms with E-state index in [1.807, 2.05) is 0 Å². The lowest BCUT2D eigenvalue weighted by atomic mass is 10.0. The average Bonchev–Trinajstić information content (AvgIpc) is 3.11. The van der Waals surface area contributed by atoms with Crippen molar-refractivity contribution in [2.75, 3.05) is 6.54 Å². The van der Waals surface area contributed by atoms with Gasteiger partial charge in [0.1, 0.15) is 5.82 Å². The first kappa shape index (κ1) is 29.5. The van der Waals surface area contributed by atoms with Gasteiger partial charge in [-0.2, -0.15) is 13.2 Å². The van der Waals surface area contributed by atoms with Crippen molar-refractivity contribution in [1.82, 2.24) is 19.7 Å². The number of carbonyl (C=O) groups is 1. The second-order valence-electron chi connectivity index (χ2n) is 6.85. The third-order valence-corrected chi connectivity index (χ3v) is 4.47. The Hall–Kier alpha value is -2.56. The molecule has 18 heteroatoms. The fourth-order valence-electron chi connectivity index (χ4n) is 2.99. The number of hydrogen-bond donors (Lipinski definition) is 4. The number of amides is 1. The highest BCUT2D eigenvalue weighted by atomic mass is 31.2. The zero-order valence-electron chi connectivity index (χ0n) is 17.0. The number of alkyl halides is 3. The second kappa shape index (κ2) is 11.2. The van der Waals surface area contributed by atoms with Crippen molar-refractivity contribution in [2.45, 2.75) is 38.1 Å². The number of halogens is 6. The summed E-state index contributed by atoms with van der Waals surface area (Å²) in [5.41, 5.74) is 5.51. The SMILES string of the molecule is N[C@H](CCC(=O)N1CCn2c(nnc2C(F)(F)F)C1)c1cc(F)c(F)cc1F.O.O=P(O)(O)O. The largest absolute Gasteiger partial charge is 0.466 e. The van der Waals surface area contributed by atoms with Crippen LogP contribution in [-0.2, 0) is 28.6 Å². The maximum absolute atomic E-state index is 13.7. The first-order chi connectivity index (χ1) is 15.1. The van der Waals surface area contributed by atoms with Crippen LogP contribution in [0.25, 0.3) is 0 Å². The number of nitrogens with two attached hydrogens (primary N) is 1. The Morgan fingerprint density at radius 3 is 2.21 bits per heavy atom. The van der Waals surface area contributed by atoms with Gasteiger partial charge in [-0.25, -0.2) is 17.7 Å². The number of carbonyl (C=O) groups excluding carboxylic acids is 1. The molecule has 1 aromatic heterocycles. The summed E-state index contributed by atoms with van der Waals surface area (Å²) < 4.78 is 88.2. The average molecular weight is 523 g/mol. The topological polar surface area (TPSA) is 186 Å². The van der Waals surface area contributed by atoms with E-state index in [2.05, 4.69) is 10.2 Å². The Kier molecular flexibility index (Phi) is 9.75. The van der Waals surface area contributed by atoms with Crippen LogP contribution in [0.4, 0.5) is 26.3 Å². The smallest absolute Gasteiger partial charge is 0.412 e. The van der Waals surface area contributed by atoms with Gasteiger partial charge < -0.3 is 35.4 Å². The molecular weight excluding hydrogens is 503 g/mol. The highest BCUT2D eigenvalue weighted by Gasteiger charge is 2.39. The lowest BCUT2D eigenvalue weighted by Gasteiger charge is -2.28. The Balaban J connectivity index is 0.000000873. The maximum Gasteiger partial charge on any atom is 0.466 e. The molecule has 0 radical (unpaired) electrons. The maximum atomic E-state index is 13.7. The van der Waals surface area contributed by atoms with Crippen LogP contribution in [0.5, 0.6) is 0 Å². The van der Waals surface area contributed by atoms with E-state index in [-0.39, 0.29) is 49.3 Å². The molecule has 0 spiro atoms. The molecule has 3 rings (SSSR count). The molecular formula is C16H20F6N5O6P. The fraction of sp³-hybridized carbons (Fsp3) is 0.438. The fourth-order valence-corrected chi connectivity index (χ4v) is 2.99. The van der Waals surface area contributed by atoms with Gasteiger partial charge in [0.2, 0.25) is 11.7 Å². The van der Waals surface area contributed by atoms with Crippen LogP contribution >= 0.6 is 7.82 Å². The number of rotatable bonds is 4. The molecule has 1 atom stereocenters. The molecule has 11 nitrogen and oxygen atoms in total. The Labute approximate surface area is 187 Å². The van der Waals surface area contributed by atoms with Crippen molar-refractivity contribution in [2.24, 2.45) is 5.73 Å². The summed E-state index contributed by atoms with van der Waals surface area (Å²) in [5, 5.41) is 6.60. The predicted molar refractivity (Wildman–Crippen MR) is 101 cm³/mol. The highest BCUT2D eigenvalue weighted by Crippen LogP contribution is 2.30. The minimum atomic E-state index is -4.64. The molecule has 2 heterocycles. The Morgan fingerprint density at radius 2 is 1.65 bits per heavy atom. The standard InChI is InChI=1S/C16H15F6N5O.H3O4P.H2O/c17-9-6-11(19)10(18)5-8(9)12(23)1-2-14(28)26-3-4-27-13(7-26)24-25-15(27)16(20,21)22;1-5(2,3)4;/h5-6,12H,1-4,7,23H2;(H3,1,2,3,4);1H2/t12-;;/m1../s1. The lowest BCUT2D eigenvalue weighted by Crippen LogP contribution is -2.39. The molecule has 34 heavy (non-hydrogen) atoms. The zero-order valence-corrected chi connectivity index (χ0v) is 17.9. The van der Waals surface area contributed by atoms with Crippen molar-refractivity contribution in [3.63, 3.8) is 0 Å². The zero-order chi connectivity index (χ0) is 25.1. The number of hydrogen-bond acceptors (Lipinski definition) is 5. The summed E-state index contributed by atoms with van der Waals surface area (Å²) in [5.74, 6) is -5.17. The van der Waals surface area contributed by atoms with Crippen LogP contribution < -0.4 is 5.73 Å². The summed E-state index contributed by atoms with van der Waals surface area (Å²) in [6.07, 6.45) is -4.85. The third-order valence-electron chi connectivity index (χ3n) is 4.47. The first-order valence-corrected chi connectivity index (χ1v) is 10.6. The van der Waals surface area contributed by atoms with Crippen molar-refractivity contribution in [1.29, 1.82) is 0 Å². The van der Waals surface area contributed by atoms with E-state index < -0.39 is 49.2 Å². The Bertz CT molecular complexity index is 1050. The molecule has 1 aromatic carbocycles. The molecule has 0 fully saturated rings. The quantitative estimate of drug-likeness (QED) is 0.257. The molecule has 2 aromatic rings. The summed E-state index contributed by atoms with van der Waals surface area (Å²) in [6.45, 7) is -0.259. The van der Waals surface area contributed by atoms with E-state index >= 15 is 0 Å². The van der Waals surface area contributed by atoms with E-state index in [1.54, 1.807) is 0 Å². The van der Waals surface area contributed by atoms with Gasteiger partial charge in [0.25, 0.3) is 0 Å². The number of phosphoric acid groups is 1. The van der Waals surface area contributed by atoms with Gasteiger partial charge in [0.15, 0.2) is 17.5 Å². The molecule has 0 unspecified atom stereocenters. The van der Waals surface area contributed by atoms with Crippen LogP contribution in [0.15, 0.2) is 12.1 Å². The summed E-state index contributed by atoms with van der Waals surface area (Å²) >= 11 is 0. The van der Waals surface area contributed by atoms with Crippen LogP contribution in [0.3, 0.4) is 0 Å². The monoisotopic (exact) mass is 523 g/mol. The molecule has 0 saturated heterocycles. The van der Waals surface area contributed by atoms with Crippen molar-refractivity contribution >= 4 is 13.7 Å².